The Hall–Kier alpha value is -1.61. The molecule has 1 atom stereocenters. The summed E-state index contributed by atoms with van der Waals surface area (Å²) < 4.78 is 1.97. The molecule has 96 valence electrons. The van der Waals surface area contributed by atoms with Crippen LogP contribution in [0.25, 0.3) is 0 Å². The Morgan fingerprint density at radius 3 is 2.56 bits per heavy atom. The molecule has 1 aromatic carbocycles. The Bertz CT molecular complexity index is 488. The summed E-state index contributed by atoms with van der Waals surface area (Å²) in [6.07, 6.45) is 2.16. The summed E-state index contributed by atoms with van der Waals surface area (Å²) >= 11 is 0. The molecule has 1 N–H and O–H groups in total. The second kappa shape index (κ2) is 5.83. The molecule has 1 unspecified atom stereocenters. The van der Waals surface area contributed by atoms with Gasteiger partial charge in [-0.3, -0.25) is 4.68 Å². The molecule has 3 nitrogen and oxygen atoms in total. The van der Waals surface area contributed by atoms with Gasteiger partial charge in [-0.1, -0.05) is 30.3 Å². The summed E-state index contributed by atoms with van der Waals surface area (Å²) in [5.41, 5.74) is 3.72. The van der Waals surface area contributed by atoms with Crippen molar-refractivity contribution in [2.24, 2.45) is 7.05 Å². The van der Waals surface area contributed by atoms with Crippen molar-refractivity contribution in [3.8, 4) is 0 Å². The molecule has 2 aromatic rings. The van der Waals surface area contributed by atoms with E-state index in [1.807, 2.05) is 25.7 Å². The first kappa shape index (κ1) is 12.8. The number of aromatic nitrogens is 2. The van der Waals surface area contributed by atoms with Gasteiger partial charge in [0.25, 0.3) is 0 Å². The summed E-state index contributed by atoms with van der Waals surface area (Å²) in [4.78, 5) is 0. The molecule has 0 aliphatic rings. The maximum Gasteiger partial charge on any atom is 0.0597 e. The van der Waals surface area contributed by atoms with Gasteiger partial charge in [-0.05, 0) is 38.4 Å². The van der Waals surface area contributed by atoms with Crippen molar-refractivity contribution in [3.05, 3.63) is 53.3 Å². The molecule has 0 saturated carbocycles. The van der Waals surface area contributed by atoms with E-state index in [0.717, 1.165) is 18.5 Å². The molecule has 3 heteroatoms. The SMILES string of the molecule is CNC(CCc1ccccc1)c1cc(C)nn1C. The Kier molecular flexibility index (Phi) is 4.15. The van der Waals surface area contributed by atoms with Gasteiger partial charge in [0.15, 0.2) is 0 Å². The molecule has 2 rings (SSSR count). The Morgan fingerprint density at radius 1 is 1.28 bits per heavy atom. The first-order valence-corrected chi connectivity index (χ1v) is 6.42. The standard InChI is InChI=1S/C15H21N3/c1-12-11-15(18(3)17-12)14(16-2)10-9-13-7-5-4-6-8-13/h4-8,11,14,16H,9-10H2,1-3H3. The van der Waals surface area contributed by atoms with Crippen LogP contribution in [0.4, 0.5) is 0 Å². The lowest BCUT2D eigenvalue weighted by Gasteiger charge is -2.16. The van der Waals surface area contributed by atoms with Crippen LogP contribution in [0.5, 0.6) is 0 Å². The van der Waals surface area contributed by atoms with Crippen molar-refractivity contribution in [1.29, 1.82) is 0 Å². The summed E-state index contributed by atoms with van der Waals surface area (Å²) in [7, 11) is 4.02. The molecule has 0 saturated heterocycles. The van der Waals surface area contributed by atoms with Crippen LogP contribution in [0.1, 0.15) is 29.4 Å². The van der Waals surface area contributed by atoms with E-state index in [2.05, 4.69) is 46.8 Å². The molecule has 0 aliphatic carbocycles. The fourth-order valence-electron chi connectivity index (χ4n) is 2.35. The smallest absolute Gasteiger partial charge is 0.0597 e. The average molecular weight is 243 g/mol. The van der Waals surface area contributed by atoms with Crippen LogP contribution < -0.4 is 5.32 Å². The minimum Gasteiger partial charge on any atom is -0.312 e. The summed E-state index contributed by atoms with van der Waals surface area (Å²) in [6, 6.07) is 13.1. The van der Waals surface area contributed by atoms with Crippen LogP contribution in [0.15, 0.2) is 36.4 Å². The van der Waals surface area contributed by atoms with E-state index >= 15 is 0 Å². The number of nitrogens with zero attached hydrogens (tertiary/aromatic N) is 2. The minimum absolute atomic E-state index is 0.358. The first-order valence-electron chi connectivity index (χ1n) is 6.42. The number of benzene rings is 1. The van der Waals surface area contributed by atoms with E-state index in [1.165, 1.54) is 11.3 Å². The third kappa shape index (κ3) is 2.99. The molecule has 0 radical (unpaired) electrons. The van der Waals surface area contributed by atoms with E-state index in [4.69, 9.17) is 0 Å². The van der Waals surface area contributed by atoms with Gasteiger partial charge in [-0.15, -0.1) is 0 Å². The lowest BCUT2D eigenvalue weighted by atomic mass is 10.0. The number of hydrogen-bond acceptors (Lipinski definition) is 2. The quantitative estimate of drug-likeness (QED) is 0.875. The molecule has 0 amide bonds. The predicted octanol–water partition coefficient (Wildman–Crippen LogP) is 2.62. The van der Waals surface area contributed by atoms with Crippen LogP contribution in [-0.2, 0) is 13.5 Å². The van der Waals surface area contributed by atoms with Gasteiger partial charge in [0.1, 0.15) is 0 Å². The van der Waals surface area contributed by atoms with E-state index in [0.29, 0.717) is 6.04 Å². The van der Waals surface area contributed by atoms with Crippen molar-refractivity contribution in [3.63, 3.8) is 0 Å². The second-order valence-electron chi connectivity index (χ2n) is 4.70. The summed E-state index contributed by atoms with van der Waals surface area (Å²) in [5, 5.41) is 7.79. The van der Waals surface area contributed by atoms with Crippen molar-refractivity contribution >= 4 is 0 Å². The highest BCUT2D eigenvalue weighted by Crippen LogP contribution is 2.19. The molecular weight excluding hydrogens is 222 g/mol. The highest BCUT2D eigenvalue weighted by Gasteiger charge is 2.13. The minimum atomic E-state index is 0.358. The van der Waals surface area contributed by atoms with Crippen LogP contribution in [0, 0.1) is 6.92 Å². The highest BCUT2D eigenvalue weighted by molar-refractivity contribution is 5.17. The molecule has 0 spiro atoms. The zero-order chi connectivity index (χ0) is 13.0. The number of rotatable bonds is 5. The lowest BCUT2D eigenvalue weighted by molar-refractivity contribution is 0.506. The van der Waals surface area contributed by atoms with Gasteiger partial charge in [0, 0.05) is 13.1 Å². The van der Waals surface area contributed by atoms with Crippen molar-refractivity contribution < 1.29 is 0 Å². The van der Waals surface area contributed by atoms with Gasteiger partial charge in [0.05, 0.1) is 11.4 Å². The molecule has 18 heavy (non-hydrogen) atoms. The first-order chi connectivity index (χ1) is 8.70. The third-order valence-corrected chi connectivity index (χ3v) is 3.31. The van der Waals surface area contributed by atoms with Crippen LogP contribution >= 0.6 is 0 Å². The Morgan fingerprint density at radius 2 is 2.00 bits per heavy atom. The third-order valence-electron chi connectivity index (χ3n) is 3.31. The largest absolute Gasteiger partial charge is 0.312 e. The van der Waals surface area contributed by atoms with Gasteiger partial charge in [0.2, 0.25) is 0 Å². The van der Waals surface area contributed by atoms with E-state index < -0.39 is 0 Å². The molecule has 0 bridgehead atoms. The molecule has 0 fully saturated rings. The van der Waals surface area contributed by atoms with Crippen molar-refractivity contribution in [1.82, 2.24) is 15.1 Å². The monoisotopic (exact) mass is 243 g/mol. The normalized spacial score (nSPS) is 12.6. The van der Waals surface area contributed by atoms with Crippen molar-refractivity contribution in [2.75, 3.05) is 7.05 Å². The van der Waals surface area contributed by atoms with E-state index in [9.17, 15) is 0 Å². The Labute approximate surface area is 109 Å². The maximum atomic E-state index is 4.41. The molecule has 1 heterocycles. The average Bonchev–Trinajstić information content (AvgIpc) is 2.71. The molecular formula is C15H21N3. The molecule has 0 aliphatic heterocycles. The molecule has 1 aromatic heterocycles. The topological polar surface area (TPSA) is 29.9 Å². The number of aryl methyl sites for hydroxylation is 3. The Balaban J connectivity index is 2.04. The highest BCUT2D eigenvalue weighted by atomic mass is 15.3. The lowest BCUT2D eigenvalue weighted by Crippen LogP contribution is -2.20. The van der Waals surface area contributed by atoms with E-state index in [1.54, 1.807) is 0 Å². The fraction of sp³-hybridized carbons (Fsp3) is 0.400. The van der Waals surface area contributed by atoms with Crippen LogP contribution in [0.3, 0.4) is 0 Å². The van der Waals surface area contributed by atoms with Gasteiger partial charge >= 0.3 is 0 Å². The zero-order valence-corrected chi connectivity index (χ0v) is 11.4. The van der Waals surface area contributed by atoms with Gasteiger partial charge in [-0.25, -0.2) is 0 Å². The maximum absolute atomic E-state index is 4.41. The summed E-state index contributed by atoms with van der Waals surface area (Å²) in [5.74, 6) is 0. The van der Waals surface area contributed by atoms with Crippen molar-refractivity contribution in [2.45, 2.75) is 25.8 Å². The second-order valence-corrected chi connectivity index (χ2v) is 4.70. The van der Waals surface area contributed by atoms with Gasteiger partial charge < -0.3 is 5.32 Å². The van der Waals surface area contributed by atoms with Crippen LogP contribution in [-0.4, -0.2) is 16.8 Å². The van der Waals surface area contributed by atoms with Gasteiger partial charge in [-0.2, -0.15) is 5.10 Å². The number of hydrogen-bond donors (Lipinski definition) is 1. The number of nitrogens with one attached hydrogen (secondary N) is 1. The zero-order valence-electron chi connectivity index (χ0n) is 11.4. The van der Waals surface area contributed by atoms with Crippen LogP contribution in [0.2, 0.25) is 0 Å². The summed E-state index contributed by atoms with van der Waals surface area (Å²) in [6.45, 7) is 2.04. The fourth-order valence-corrected chi connectivity index (χ4v) is 2.35. The van der Waals surface area contributed by atoms with E-state index in [-0.39, 0.29) is 0 Å². The predicted molar refractivity (Wildman–Crippen MR) is 74.5 cm³/mol.